The topological polar surface area (TPSA) is 38.3 Å². The molecule has 1 aromatic heterocycles. The van der Waals surface area contributed by atoms with Gasteiger partial charge < -0.3 is 10.1 Å². The Hall–Kier alpha value is -2.07. The number of amides is 1. The molecular formula is C18H21NO2S. The SMILES string of the molecule is CC(C)CCOc1ccc(NC(=O)C=Cc2cccs2)cc1. The third kappa shape index (κ3) is 5.74. The van der Waals surface area contributed by atoms with Crippen LogP contribution in [0.2, 0.25) is 0 Å². The van der Waals surface area contributed by atoms with E-state index >= 15 is 0 Å². The van der Waals surface area contributed by atoms with Crippen LogP contribution in [0, 0.1) is 5.92 Å². The van der Waals surface area contributed by atoms with Crippen LogP contribution in [-0.2, 0) is 4.79 Å². The Morgan fingerprint density at radius 3 is 2.68 bits per heavy atom. The number of thiophene rings is 1. The van der Waals surface area contributed by atoms with Crippen molar-refractivity contribution in [1.82, 2.24) is 0 Å². The van der Waals surface area contributed by atoms with Crippen LogP contribution in [0.1, 0.15) is 25.1 Å². The summed E-state index contributed by atoms with van der Waals surface area (Å²) in [5, 5.41) is 4.81. The Morgan fingerprint density at radius 2 is 2.05 bits per heavy atom. The number of anilines is 1. The summed E-state index contributed by atoms with van der Waals surface area (Å²) in [6, 6.07) is 11.4. The lowest BCUT2D eigenvalue weighted by atomic mass is 10.1. The van der Waals surface area contributed by atoms with E-state index in [1.165, 1.54) is 0 Å². The second-order valence-electron chi connectivity index (χ2n) is 5.39. The highest BCUT2D eigenvalue weighted by Crippen LogP contribution is 2.17. The smallest absolute Gasteiger partial charge is 0.248 e. The van der Waals surface area contributed by atoms with Crippen molar-refractivity contribution in [2.45, 2.75) is 20.3 Å². The van der Waals surface area contributed by atoms with Crippen molar-refractivity contribution in [3.8, 4) is 5.75 Å². The zero-order valence-corrected chi connectivity index (χ0v) is 13.7. The van der Waals surface area contributed by atoms with Crippen molar-refractivity contribution in [2.75, 3.05) is 11.9 Å². The average molecular weight is 315 g/mol. The highest BCUT2D eigenvalue weighted by atomic mass is 32.1. The van der Waals surface area contributed by atoms with Crippen molar-refractivity contribution in [3.05, 3.63) is 52.7 Å². The highest BCUT2D eigenvalue weighted by Gasteiger charge is 2.00. The Bertz CT molecular complexity index is 601. The van der Waals surface area contributed by atoms with E-state index in [0.29, 0.717) is 12.5 Å². The van der Waals surface area contributed by atoms with Gasteiger partial charge in [-0.2, -0.15) is 0 Å². The number of hydrogen-bond donors (Lipinski definition) is 1. The lowest BCUT2D eigenvalue weighted by Crippen LogP contribution is -2.07. The number of carbonyl (C=O) groups is 1. The number of rotatable bonds is 7. The molecule has 1 heterocycles. The Labute approximate surface area is 135 Å². The minimum atomic E-state index is -0.137. The van der Waals surface area contributed by atoms with Crippen LogP contribution in [0.5, 0.6) is 5.75 Å². The normalized spacial score (nSPS) is 11.0. The minimum Gasteiger partial charge on any atom is -0.494 e. The molecule has 4 heteroatoms. The fraction of sp³-hybridized carbons (Fsp3) is 0.278. The highest BCUT2D eigenvalue weighted by molar-refractivity contribution is 7.10. The number of hydrogen-bond acceptors (Lipinski definition) is 3. The summed E-state index contributed by atoms with van der Waals surface area (Å²) in [5.74, 6) is 1.32. The third-order valence-corrected chi connectivity index (χ3v) is 3.87. The molecule has 0 aliphatic carbocycles. The van der Waals surface area contributed by atoms with Gasteiger partial charge in [-0.1, -0.05) is 19.9 Å². The van der Waals surface area contributed by atoms with Crippen molar-refractivity contribution in [1.29, 1.82) is 0 Å². The van der Waals surface area contributed by atoms with Crippen LogP contribution < -0.4 is 10.1 Å². The summed E-state index contributed by atoms with van der Waals surface area (Å²) in [6.45, 7) is 5.06. The van der Waals surface area contributed by atoms with Crippen LogP contribution in [0.15, 0.2) is 47.9 Å². The van der Waals surface area contributed by atoms with Crippen LogP contribution in [-0.4, -0.2) is 12.5 Å². The molecule has 116 valence electrons. The number of benzene rings is 1. The predicted octanol–water partition coefficient (Wildman–Crippen LogP) is 4.82. The molecule has 0 saturated heterocycles. The molecular weight excluding hydrogens is 294 g/mol. The van der Waals surface area contributed by atoms with E-state index in [4.69, 9.17) is 4.74 Å². The molecule has 1 N–H and O–H groups in total. The van der Waals surface area contributed by atoms with E-state index in [9.17, 15) is 4.79 Å². The Morgan fingerprint density at radius 1 is 1.27 bits per heavy atom. The molecule has 0 radical (unpaired) electrons. The van der Waals surface area contributed by atoms with E-state index in [1.54, 1.807) is 17.4 Å². The van der Waals surface area contributed by atoms with Crippen molar-refractivity contribution in [2.24, 2.45) is 5.92 Å². The summed E-state index contributed by atoms with van der Waals surface area (Å²) in [7, 11) is 0. The molecule has 2 rings (SSSR count). The first kappa shape index (κ1) is 16.3. The largest absolute Gasteiger partial charge is 0.494 e. The van der Waals surface area contributed by atoms with E-state index in [-0.39, 0.29) is 5.91 Å². The van der Waals surface area contributed by atoms with Crippen molar-refractivity contribution >= 4 is 29.0 Å². The number of carbonyl (C=O) groups excluding carboxylic acids is 1. The maximum absolute atomic E-state index is 11.8. The quantitative estimate of drug-likeness (QED) is 0.744. The Balaban J connectivity index is 1.81. The number of nitrogens with one attached hydrogen (secondary N) is 1. The Kier molecular flexibility index (Phi) is 6.22. The van der Waals surface area contributed by atoms with Gasteiger partial charge in [0.25, 0.3) is 0 Å². The lowest BCUT2D eigenvalue weighted by Gasteiger charge is -2.09. The van der Waals surface area contributed by atoms with Gasteiger partial charge in [0.05, 0.1) is 6.61 Å². The van der Waals surface area contributed by atoms with Gasteiger partial charge in [-0.05, 0) is 54.1 Å². The molecule has 0 spiro atoms. The molecule has 0 atom stereocenters. The fourth-order valence-corrected chi connectivity index (χ4v) is 2.39. The van der Waals surface area contributed by atoms with Crippen LogP contribution in [0.25, 0.3) is 6.08 Å². The van der Waals surface area contributed by atoms with Gasteiger partial charge in [-0.25, -0.2) is 0 Å². The molecule has 0 fully saturated rings. The third-order valence-electron chi connectivity index (χ3n) is 3.03. The predicted molar refractivity (Wildman–Crippen MR) is 93.4 cm³/mol. The maximum Gasteiger partial charge on any atom is 0.248 e. The molecule has 2 aromatic rings. The molecule has 0 aliphatic heterocycles. The molecule has 0 bridgehead atoms. The first-order valence-corrected chi connectivity index (χ1v) is 8.27. The summed E-state index contributed by atoms with van der Waals surface area (Å²) in [6.07, 6.45) is 4.38. The molecule has 1 aromatic carbocycles. The second-order valence-corrected chi connectivity index (χ2v) is 6.37. The molecule has 22 heavy (non-hydrogen) atoms. The summed E-state index contributed by atoms with van der Waals surface area (Å²) in [5.41, 5.74) is 0.761. The van der Waals surface area contributed by atoms with Gasteiger partial charge in [-0.3, -0.25) is 4.79 Å². The van der Waals surface area contributed by atoms with Crippen molar-refractivity contribution < 1.29 is 9.53 Å². The first-order valence-electron chi connectivity index (χ1n) is 7.39. The minimum absolute atomic E-state index is 0.137. The lowest BCUT2D eigenvalue weighted by molar-refractivity contribution is -0.111. The van der Waals surface area contributed by atoms with Crippen LogP contribution in [0.3, 0.4) is 0 Å². The fourth-order valence-electron chi connectivity index (χ4n) is 1.77. The van der Waals surface area contributed by atoms with E-state index in [1.807, 2.05) is 47.9 Å². The molecule has 0 saturated carbocycles. The average Bonchev–Trinajstić information content (AvgIpc) is 3.00. The van der Waals surface area contributed by atoms with Crippen molar-refractivity contribution in [3.63, 3.8) is 0 Å². The summed E-state index contributed by atoms with van der Waals surface area (Å²) >= 11 is 1.60. The van der Waals surface area contributed by atoms with Gasteiger partial charge in [0.1, 0.15) is 5.75 Å². The van der Waals surface area contributed by atoms with Gasteiger partial charge in [0.15, 0.2) is 0 Å². The summed E-state index contributed by atoms with van der Waals surface area (Å²) in [4.78, 5) is 12.9. The molecule has 0 unspecified atom stereocenters. The molecule has 1 amide bonds. The van der Waals surface area contributed by atoms with E-state index in [0.717, 1.165) is 22.7 Å². The second kappa shape index (κ2) is 8.39. The summed E-state index contributed by atoms with van der Waals surface area (Å²) < 4.78 is 5.65. The van der Waals surface area contributed by atoms with Crippen LogP contribution >= 0.6 is 11.3 Å². The van der Waals surface area contributed by atoms with Crippen LogP contribution in [0.4, 0.5) is 5.69 Å². The maximum atomic E-state index is 11.8. The van der Waals surface area contributed by atoms with Gasteiger partial charge in [0.2, 0.25) is 5.91 Å². The van der Waals surface area contributed by atoms with Gasteiger partial charge in [0, 0.05) is 16.6 Å². The van der Waals surface area contributed by atoms with E-state index < -0.39 is 0 Å². The van der Waals surface area contributed by atoms with E-state index in [2.05, 4.69) is 19.2 Å². The monoisotopic (exact) mass is 315 g/mol. The van der Waals surface area contributed by atoms with Gasteiger partial charge >= 0.3 is 0 Å². The first-order chi connectivity index (χ1) is 10.6. The van der Waals surface area contributed by atoms with Gasteiger partial charge in [-0.15, -0.1) is 11.3 Å². The zero-order valence-electron chi connectivity index (χ0n) is 12.9. The zero-order chi connectivity index (χ0) is 15.8. The molecule has 3 nitrogen and oxygen atoms in total. The number of ether oxygens (including phenoxy) is 1. The standard InChI is InChI=1S/C18H21NO2S/c1-14(2)11-12-21-16-7-5-15(6-8-16)19-18(20)10-9-17-4-3-13-22-17/h3-10,13-14H,11-12H2,1-2H3,(H,19,20). The molecule has 0 aliphatic rings.